The zero-order valence-electron chi connectivity index (χ0n) is 12.1. The van der Waals surface area contributed by atoms with Crippen LogP contribution in [0.4, 0.5) is 0 Å². The Morgan fingerprint density at radius 2 is 1.77 bits per heavy atom. The second kappa shape index (κ2) is 6.24. The van der Waals surface area contributed by atoms with E-state index >= 15 is 0 Å². The lowest BCUT2D eigenvalue weighted by atomic mass is 10.1. The fourth-order valence-electron chi connectivity index (χ4n) is 1.69. The van der Waals surface area contributed by atoms with Crippen molar-refractivity contribution in [3.05, 3.63) is 22.2 Å². The molecule has 0 aliphatic heterocycles. The number of ether oxygens (including phenoxy) is 2. The first-order chi connectivity index (χ1) is 10.5. The Morgan fingerprint density at radius 3 is 2.32 bits per heavy atom. The summed E-state index contributed by atoms with van der Waals surface area (Å²) < 4.78 is 19.0. The van der Waals surface area contributed by atoms with Gasteiger partial charge in [-0.1, -0.05) is 5.16 Å². The van der Waals surface area contributed by atoms with Gasteiger partial charge in [0.1, 0.15) is 5.56 Å². The molecule has 10 nitrogen and oxygen atoms in total. The highest BCUT2D eigenvalue weighted by Gasteiger charge is 2.35. The molecule has 10 heteroatoms. The first-order valence-corrected chi connectivity index (χ1v) is 6.41. The van der Waals surface area contributed by atoms with E-state index in [2.05, 4.69) is 14.9 Å². The zero-order chi connectivity index (χ0) is 16.3. The molecular formula is C12H13N3O7. The minimum atomic E-state index is -0.875. The minimum Gasteiger partial charge on any atom is -0.462 e. The van der Waals surface area contributed by atoms with Crippen molar-refractivity contribution in [3.63, 3.8) is 0 Å². The monoisotopic (exact) mass is 311 g/mol. The normalized spacial score (nSPS) is 10.5. The number of hydrogen-bond acceptors (Lipinski definition) is 9. The van der Waals surface area contributed by atoms with Gasteiger partial charge in [-0.3, -0.25) is 4.63 Å². The average Bonchev–Trinajstić information content (AvgIpc) is 3.04. The van der Waals surface area contributed by atoms with Gasteiger partial charge >= 0.3 is 11.9 Å². The summed E-state index contributed by atoms with van der Waals surface area (Å²) in [4.78, 5) is 24.1. The van der Waals surface area contributed by atoms with Crippen molar-refractivity contribution in [2.75, 3.05) is 13.2 Å². The number of carbonyl (C=O) groups excluding carboxylic acids is 2. The Morgan fingerprint density at radius 1 is 1.14 bits per heavy atom. The third kappa shape index (κ3) is 2.62. The first kappa shape index (κ1) is 15.5. The van der Waals surface area contributed by atoms with Gasteiger partial charge in [0.2, 0.25) is 5.69 Å². The molecule has 22 heavy (non-hydrogen) atoms. The van der Waals surface area contributed by atoms with E-state index in [4.69, 9.17) is 14.0 Å². The molecule has 0 saturated carbocycles. The van der Waals surface area contributed by atoms with Crippen molar-refractivity contribution >= 4 is 11.9 Å². The SMILES string of the molecule is CCOC(=O)c1onc(-c2no[n+]([O-])c2C)c1C(=O)OCC. The lowest BCUT2D eigenvalue weighted by molar-refractivity contribution is -0.806. The molecule has 0 bridgehead atoms. The van der Waals surface area contributed by atoms with Gasteiger partial charge in [-0.05, 0) is 18.8 Å². The number of nitrogens with zero attached hydrogens (tertiary/aromatic N) is 3. The molecule has 0 aliphatic carbocycles. The van der Waals surface area contributed by atoms with Crippen LogP contribution >= 0.6 is 0 Å². The Balaban J connectivity index is 2.57. The predicted octanol–water partition coefficient (Wildman–Crippen LogP) is 0.625. The quantitative estimate of drug-likeness (QED) is 0.575. The van der Waals surface area contributed by atoms with Crippen LogP contribution in [-0.2, 0) is 9.47 Å². The molecule has 0 N–H and O–H groups in total. The first-order valence-electron chi connectivity index (χ1n) is 6.41. The summed E-state index contributed by atoms with van der Waals surface area (Å²) in [6.45, 7) is 4.77. The van der Waals surface area contributed by atoms with Gasteiger partial charge in [-0.15, -0.1) is 0 Å². The molecule has 0 radical (unpaired) electrons. The van der Waals surface area contributed by atoms with Gasteiger partial charge in [0.25, 0.3) is 11.5 Å². The van der Waals surface area contributed by atoms with Gasteiger partial charge in [-0.25, -0.2) is 9.59 Å². The lowest BCUT2D eigenvalue weighted by Crippen LogP contribution is -2.25. The summed E-state index contributed by atoms with van der Waals surface area (Å²) in [6.07, 6.45) is 0. The summed E-state index contributed by atoms with van der Waals surface area (Å²) in [5.74, 6) is -2.14. The van der Waals surface area contributed by atoms with Gasteiger partial charge < -0.3 is 19.2 Å². The number of aromatic nitrogens is 3. The van der Waals surface area contributed by atoms with E-state index in [0.29, 0.717) is 0 Å². The van der Waals surface area contributed by atoms with Crippen LogP contribution in [-0.4, -0.2) is 35.5 Å². The third-order valence-electron chi connectivity index (χ3n) is 2.68. The lowest BCUT2D eigenvalue weighted by Gasteiger charge is -2.02. The maximum absolute atomic E-state index is 12.1. The summed E-state index contributed by atoms with van der Waals surface area (Å²) in [6, 6.07) is 0. The van der Waals surface area contributed by atoms with Crippen LogP contribution in [0.5, 0.6) is 0 Å². The molecule has 2 rings (SSSR count). The molecule has 0 aliphatic rings. The standard InChI is InChI=1S/C12H13N3O7/c1-4-19-11(16)7-9(8-6(3)15(18)22-14-8)13-21-10(7)12(17)20-5-2/h4-5H2,1-3H3. The van der Waals surface area contributed by atoms with E-state index in [1.807, 2.05) is 0 Å². The van der Waals surface area contributed by atoms with E-state index in [0.717, 1.165) is 0 Å². The van der Waals surface area contributed by atoms with Crippen LogP contribution in [0, 0.1) is 12.1 Å². The highest BCUT2D eigenvalue weighted by atomic mass is 16.8. The molecule has 0 amide bonds. The number of carbonyl (C=O) groups is 2. The fraction of sp³-hybridized carbons (Fsp3) is 0.417. The number of hydrogen-bond donors (Lipinski definition) is 0. The van der Waals surface area contributed by atoms with Crippen molar-refractivity contribution in [1.82, 2.24) is 10.3 Å². The number of esters is 2. The second-order valence-electron chi connectivity index (χ2n) is 4.04. The molecule has 0 aromatic carbocycles. The van der Waals surface area contributed by atoms with E-state index in [-0.39, 0.29) is 40.8 Å². The Bertz CT molecular complexity index is 704. The average molecular weight is 311 g/mol. The van der Waals surface area contributed by atoms with Crippen LogP contribution in [0.2, 0.25) is 0 Å². The summed E-state index contributed by atoms with van der Waals surface area (Å²) in [7, 11) is 0. The molecule has 0 atom stereocenters. The van der Waals surface area contributed by atoms with Crippen molar-refractivity contribution < 1.29 is 33.1 Å². The second-order valence-corrected chi connectivity index (χ2v) is 4.04. The Hall–Kier alpha value is -2.91. The maximum atomic E-state index is 12.1. The molecule has 2 heterocycles. The maximum Gasteiger partial charge on any atom is 0.378 e. The highest BCUT2D eigenvalue weighted by molar-refractivity contribution is 6.05. The van der Waals surface area contributed by atoms with Crippen molar-refractivity contribution in [2.45, 2.75) is 20.8 Å². The van der Waals surface area contributed by atoms with E-state index in [1.165, 1.54) is 6.92 Å². The summed E-state index contributed by atoms with van der Waals surface area (Å²) in [5, 5.41) is 18.4. The van der Waals surface area contributed by atoms with Crippen LogP contribution in [0.25, 0.3) is 11.4 Å². The third-order valence-corrected chi connectivity index (χ3v) is 2.68. The molecule has 0 saturated heterocycles. The van der Waals surface area contributed by atoms with Crippen molar-refractivity contribution in [1.29, 1.82) is 0 Å². The molecule has 0 unspecified atom stereocenters. The van der Waals surface area contributed by atoms with Crippen molar-refractivity contribution in [3.8, 4) is 11.4 Å². The van der Waals surface area contributed by atoms with E-state index in [1.54, 1.807) is 13.8 Å². The zero-order valence-corrected chi connectivity index (χ0v) is 12.1. The Kier molecular flexibility index (Phi) is 4.39. The molecular weight excluding hydrogens is 298 g/mol. The number of rotatable bonds is 5. The Labute approximate surface area is 124 Å². The predicted molar refractivity (Wildman–Crippen MR) is 67.6 cm³/mol. The topological polar surface area (TPSA) is 132 Å². The minimum absolute atomic E-state index is 0.0302. The van der Waals surface area contributed by atoms with Crippen LogP contribution in [0.1, 0.15) is 40.5 Å². The fourth-order valence-corrected chi connectivity index (χ4v) is 1.69. The largest absolute Gasteiger partial charge is 0.462 e. The molecule has 118 valence electrons. The summed E-state index contributed by atoms with van der Waals surface area (Å²) in [5.41, 5.74) is -0.374. The van der Waals surface area contributed by atoms with Gasteiger partial charge in [-0.2, -0.15) is 0 Å². The smallest absolute Gasteiger partial charge is 0.378 e. The van der Waals surface area contributed by atoms with E-state index < -0.39 is 17.7 Å². The van der Waals surface area contributed by atoms with Crippen LogP contribution < -0.4 is 4.90 Å². The van der Waals surface area contributed by atoms with Gasteiger partial charge in [0.15, 0.2) is 5.69 Å². The highest BCUT2D eigenvalue weighted by Crippen LogP contribution is 2.26. The van der Waals surface area contributed by atoms with Crippen molar-refractivity contribution in [2.24, 2.45) is 0 Å². The van der Waals surface area contributed by atoms with Crippen LogP contribution in [0.15, 0.2) is 9.15 Å². The van der Waals surface area contributed by atoms with E-state index in [9.17, 15) is 14.8 Å². The summed E-state index contributed by atoms with van der Waals surface area (Å²) >= 11 is 0. The molecule has 2 aromatic rings. The molecule has 2 aromatic heterocycles. The van der Waals surface area contributed by atoms with Crippen LogP contribution in [0.3, 0.4) is 0 Å². The van der Waals surface area contributed by atoms with Gasteiger partial charge in [0, 0.05) is 12.1 Å². The van der Waals surface area contributed by atoms with Gasteiger partial charge in [0.05, 0.1) is 13.2 Å². The molecule has 0 fully saturated rings. The molecule has 0 spiro atoms.